The van der Waals surface area contributed by atoms with E-state index >= 15 is 0 Å². The monoisotopic (exact) mass is 1040 g/mol. The van der Waals surface area contributed by atoms with Crippen molar-refractivity contribution >= 4 is 60.3 Å². The molecule has 2 aromatic rings. The third kappa shape index (κ3) is 14.7. The van der Waals surface area contributed by atoms with Crippen LogP contribution in [0.3, 0.4) is 0 Å². The van der Waals surface area contributed by atoms with Crippen LogP contribution in [0.15, 0.2) is 48.5 Å². The van der Waals surface area contributed by atoms with Gasteiger partial charge in [-0.2, -0.15) is 0 Å². The van der Waals surface area contributed by atoms with Crippen LogP contribution in [0.25, 0.3) is 0 Å². The molecule has 15 nitrogen and oxygen atoms in total. The highest BCUT2D eigenvalue weighted by molar-refractivity contribution is 5.95. The number of fused-ring (bicyclic) bond motifs is 2. The van der Waals surface area contributed by atoms with Gasteiger partial charge >= 0.3 is 0 Å². The van der Waals surface area contributed by atoms with Gasteiger partial charge in [0.2, 0.25) is 35.4 Å². The summed E-state index contributed by atoms with van der Waals surface area (Å²) in [7, 11) is 1.70. The molecule has 0 radical (unpaired) electrons. The largest absolute Gasteiger partial charge is 0.375 e. The Morgan fingerprint density at radius 1 is 0.625 bits per heavy atom. The number of likely N-dealkylation sites (N-methyl/N-ethyl adjacent to an activating group) is 1. The number of carbonyl (C=O) groups is 6. The first-order chi connectivity index (χ1) is 33.2. The summed E-state index contributed by atoms with van der Waals surface area (Å²) in [5.74, 6) is -1.51. The summed E-state index contributed by atoms with van der Waals surface area (Å²) in [5, 5.41) is 15.5. The molecule has 0 aromatic heterocycles. The fourth-order valence-electron chi connectivity index (χ4n) is 10.4. The Balaban J connectivity index is 0.00000562. The lowest BCUT2D eigenvalue weighted by Crippen LogP contribution is -2.59. The van der Waals surface area contributed by atoms with E-state index in [1.807, 2.05) is 91.8 Å². The van der Waals surface area contributed by atoms with Gasteiger partial charge in [-0.25, -0.2) is 0 Å². The highest BCUT2D eigenvalue weighted by Crippen LogP contribution is 2.37. The first-order valence-electron chi connectivity index (χ1n) is 26.1. The first kappa shape index (κ1) is 60.3. The Labute approximate surface area is 441 Å². The van der Waals surface area contributed by atoms with Crippen LogP contribution in [0.2, 0.25) is 0 Å². The Hall–Kier alpha value is -4.28. The number of nitrogens with zero attached hydrogens (tertiary/aromatic N) is 2. The number of likely N-dealkylation sites (tertiary alicyclic amines) is 2. The maximum atomic E-state index is 14.1. The summed E-state index contributed by atoms with van der Waals surface area (Å²) in [6.07, 6.45) is 7.58. The Kier molecular flexibility index (Phi) is 22.4. The number of halogens is 2. The third-order valence-electron chi connectivity index (χ3n) is 15.0. The van der Waals surface area contributed by atoms with Gasteiger partial charge in [0, 0.05) is 45.1 Å². The van der Waals surface area contributed by atoms with Crippen molar-refractivity contribution in [3.05, 3.63) is 70.8 Å². The van der Waals surface area contributed by atoms with Crippen LogP contribution in [-0.2, 0) is 51.1 Å². The van der Waals surface area contributed by atoms with Gasteiger partial charge in [0.25, 0.3) is 0 Å². The zero-order valence-electron chi connectivity index (χ0n) is 44.5. The van der Waals surface area contributed by atoms with Gasteiger partial charge in [-0.1, -0.05) is 117 Å². The molecule has 17 heteroatoms. The van der Waals surface area contributed by atoms with Crippen LogP contribution < -0.4 is 26.6 Å². The first-order valence-corrected chi connectivity index (χ1v) is 26.1. The molecule has 5 N–H and O–H groups in total. The molecule has 72 heavy (non-hydrogen) atoms. The number of ether oxygens (including phenoxy) is 2. The molecule has 0 bridgehead atoms. The van der Waals surface area contributed by atoms with Crippen LogP contribution in [0.5, 0.6) is 0 Å². The summed E-state index contributed by atoms with van der Waals surface area (Å²) in [4.78, 5) is 85.6. The number of rotatable bonds is 21. The minimum Gasteiger partial charge on any atom is -0.375 e. The third-order valence-corrected chi connectivity index (χ3v) is 15.0. The van der Waals surface area contributed by atoms with E-state index in [-0.39, 0.29) is 90.5 Å². The van der Waals surface area contributed by atoms with Crippen LogP contribution >= 0.6 is 24.8 Å². The Morgan fingerprint density at radius 3 is 1.42 bits per heavy atom. The highest BCUT2D eigenvalue weighted by atomic mass is 35.5. The van der Waals surface area contributed by atoms with Crippen molar-refractivity contribution in [3.63, 3.8) is 0 Å². The van der Waals surface area contributed by atoms with Gasteiger partial charge in [0.15, 0.2) is 0 Å². The molecule has 2 aliphatic carbocycles. The average Bonchev–Trinajstić information content (AvgIpc) is 4.15. The smallest absolute Gasteiger partial charge is 0.246 e. The molecule has 2 fully saturated rings. The lowest BCUT2D eigenvalue weighted by Gasteiger charge is -2.36. The maximum Gasteiger partial charge on any atom is 0.246 e. The molecule has 1 unspecified atom stereocenters. The predicted molar refractivity (Wildman–Crippen MR) is 285 cm³/mol. The molecule has 10 atom stereocenters. The van der Waals surface area contributed by atoms with Gasteiger partial charge in [-0.15, -0.1) is 24.8 Å². The minimum absolute atomic E-state index is 0. The lowest BCUT2D eigenvalue weighted by molar-refractivity contribution is -0.144. The summed E-state index contributed by atoms with van der Waals surface area (Å²) < 4.78 is 13.1. The molecule has 0 spiro atoms. The molecule has 2 aliphatic heterocycles. The summed E-state index contributed by atoms with van der Waals surface area (Å²) in [6.45, 7) is 19.1. The van der Waals surface area contributed by atoms with Crippen molar-refractivity contribution in [1.29, 1.82) is 0 Å². The number of hydrogen-bond donors (Lipinski definition) is 5. The fraction of sp³-hybridized carbons (Fsp3) is 0.673. The van der Waals surface area contributed by atoms with Crippen molar-refractivity contribution < 1.29 is 38.2 Å². The molecular weight excluding hydrogens is 958 g/mol. The van der Waals surface area contributed by atoms with E-state index in [0.29, 0.717) is 71.2 Å². The molecule has 402 valence electrons. The average molecular weight is 1040 g/mol. The molecule has 2 aromatic carbocycles. The van der Waals surface area contributed by atoms with Gasteiger partial charge in [-0.05, 0) is 92.0 Å². The Morgan fingerprint density at radius 2 is 1.03 bits per heavy atom. The van der Waals surface area contributed by atoms with E-state index in [9.17, 15) is 28.8 Å². The molecule has 2 saturated heterocycles. The molecule has 6 amide bonds. The van der Waals surface area contributed by atoms with Crippen LogP contribution in [0.1, 0.15) is 154 Å². The lowest BCUT2D eigenvalue weighted by atomic mass is 9.85. The van der Waals surface area contributed by atoms with Gasteiger partial charge < -0.3 is 45.9 Å². The number of carbonyl (C=O) groups excluding carboxylic acids is 6. The van der Waals surface area contributed by atoms with Crippen molar-refractivity contribution in [3.8, 4) is 0 Å². The van der Waals surface area contributed by atoms with Gasteiger partial charge in [0.05, 0.1) is 30.3 Å². The van der Waals surface area contributed by atoms with Crippen molar-refractivity contribution in [1.82, 2.24) is 36.4 Å². The van der Waals surface area contributed by atoms with E-state index in [1.165, 1.54) is 0 Å². The van der Waals surface area contributed by atoms with E-state index in [2.05, 4.69) is 38.7 Å². The summed E-state index contributed by atoms with van der Waals surface area (Å²) >= 11 is 0. The number of hydrogen-bond acceptors (Lipinski definition) is 9. The second kappa shape index (κ2) is 26.8. The second-order valence-electron chi connectivity index (χ2n) is 22.3. The Bertz CT molecular complexity index is 2020. The quantitative estimate of drug-likeness (QED) is 0.0850. The normalized spacial score (nSPS) is 23.1. The highest BCUT2D eigenvalue weighted by Gasteiger charge is 2.46. The van der Waals surface area contributed by atoms with E-state index in [0.717, 1.165) is 47.9 Å². The molecule has 2 heterocycles. The van der Waals surface area contributed by atoms with Crippen molar-refractivity contribution in [2.45, 2.75) is 187 Å². The van der Waals surface area contributed by atoms with Crippen molar-refractivity contribution in [2.24, 2.45) is 16.7 Å². The van der Waals surface area contributed by atoms with E-state index < -0.39 is 41.0 Å². The standard InChI is InChI=1S/C55H83N7O8.2ClH/c1-11-34(2)48(63)59-46(54(4,5)6)52(67)61-28-20-26-40(61)50(65)57-44-38-24-16-14-22-36(38)32-42(44)69-30-18-12-13-19-31-70-43-33-37-23-15-17-25-39(37)45(43)58-51(66)41-27-21-29-62(41)53(68)47(55(7,8)9)60-49(64)35(3)56-10;;/h14-17,22-25,34-35,40-47,56H,11-13,18-21,26-33H2,1-10H3,(H,57,65)(H,58,66)(H,59,63)(H,60,64);2*1H/t34-,35+,40?,41+,42-,43-,44+,45+,46-,47-;;/m1../s1. The van der Waals surface area contributed by atoms with Gasteiger partial charge in [0.1, 0.15) is 24.2 Å². The van der Waals surface area contributed by atoms with E-state index in [4.69, 9.17) is 9.47 Å². The number of nitrogens with one attached hydrogen (secondary N) is 5. The second-order valence-corrected chi connectivity index (χ2v) is 22.3. The molecule has 6 rings (SSSR count). The molecule has 4 aliphatic rings. The fourth-order valence-corrected chi connectivity index (χ4v) is 10.4. The zero-order valence-corrected chi connectivity index (χ0v) is 46.1. The van der Waals surface area contributed by atoms with Crippen molar-refractivity contribution in [2.75, 3.05) is 33.4 Å². The van der Waals surface area contributed by atoms with Gasteiger partial charge in [-0.3, -0.25) is 28.8 Å². The number of amides is 6. The predicted octanol–water partition coefficient (Wildman–Crippen LogP) is 6.69. The summed E-state index contributed by atoms with van der Waals surface area (Å²) in [5.41, 5.74) is 3.24. The number of unbranched alkanes of at least 4 members (excludes halogenated alkanes) is 3. The topological polar surface area (TPSA) is 188 Å². The summed E-state index contributed by atoms with van der Waals surface area (Å²) in [6, 6.07) is 12.2. The van der Waals surface area contributed by atoms with E-state index in [1.54, 1.807) is 23.8 Å². The number of benzene rings is 2. The maximum absolute atomic E-state index is 14.1. The van der Waals surface area contributed by atoms with Crippen LogP contribution in [-0.4, -0.2) is 121 Å². The SMILES string of the molecule is CC[C@@H](C)C(=O)N[C@H](C(=O)N1CCCC1C(=O)N[C@H]1c2ccccc2C[C@H]1OCCCCCCO[C@@H]1Cc2ccccc2[C@@H]1NC(=O)[C@@H]1CCCN1C(=O)[C@@H](NC(=O)[C@H](C)NC)C(C)(C)C)C(C)(C)C.Cl.Cl. The minimum atomic E-state index is -0.790. The van der Waals surface area contributed by atoms with Crippen LogP contribution in [0.4, 0.5) is 0 Å². The molecular formula is C55H85Cl2N7O8. The van der Waals surface area contributed by atoms with Crippen LogP contribution in [0, 0.1) is 16.7 Å². The molecule has 0 saturated carbocycles. The zero-order chi connectivity index (χ0) is 50.9.